The van der Waals surface area contributed by atoms with Crippen molar-refractivity contribution < 1.29 is 14.4 Å². The van der Waals surface area contributed by atoms with Gasteiger partial charge in [-0.25, -0.2) is 0 Å². The zero-order valence-corrected chi connectivity index (χ0v) is 18.4. The van der Waals surface area contributed by atoms with Crippen LogP contribution in [0.3, 0.4) is 0 Å². The van der Waals surface area contributed by atoms with Crippen LogP contribution in [0.15, 0.2) is 47.3 Å². The third-order valence-electron chi connectivity index (χ3n) is 6.91. The predicted octanol–water partition coefficient (Wildman–Crippen LogP) is 2.50. The SMILES string of the molecule is CC(C)CC(C(=O)N1C[C@@H]2C[C@@H](C1)c1cccc(=O)n1C2)N1C(=O)c2ccccc2C1=O. The molecule has 0 saturated carbocycles. The number of aromatic nitrogens is 1. The van der Waals surface area contributed by atoms with Crippen molar-refractivity contribution in [1.82, 2.24) is 14.4 Å². The molecule has 3 aliphatic rings. The van der Waals surface area contributed by atoms with Crippen LogP contribution in [0.25, 0.3) is 0 Å². The van der Waals surface area contributed by atoms with Crippen LogP contribution in [0.5, 0.6) is 0 Å². The summed E-state index contributed by atoms with van der Waals surface area (Å²) in [6, 6.07) is 11.3. The van der Waals surface area contributed by atoms with Gasteiger partial charge in [0, 0.05) is 37.3 Å². The summed E-state index contributed by atoms with van der Waals surface area (Å²) in [5, 5.41) is 0. The highest BCUT2D eigenvalue weighted by molar-refractivity contribution is 6.22. The number of rotatable bonds is 4. The molecule has 3 atom stereocenters. The van der Waals surface area contributed by atoms with Gasteiger partial charge in [0.25, 0.3) is 17.4 Å². The van der Waals surface area contributed by atoms with Crippen molar-refractivity contribution in [3.8, 4) is 0 Å². The molecule has 166 valence electrons. The van der Waals surface area contributed by atoms with Crippen LogP contribution in [0.4, 0.5) is 0 Å². The lowest BCUT2D eigenvalue weighted by atomic mass is 9.82. The molecule has 1 saturated heterocycles. The molecule has 1 unspecified atom stereocenters. The van der Waals surface area contributed by atoms with Gasteiger partial charge in [-0.05, 0) is 42.9 Å². The Hall–Kier alpha value is -3.22. The highest BCUT2D eigenvalue weighted by atomic mass is 16.2. The van der Waals surface area contributed by atoms with Crippen molar-refractivity contribution in [2.45, 2.75) is 45.2 Å². The maximum Gasteiger partial charge on any atom is 0.262 e. The van der Waals surface area contributed by atoms with Crippen LogP contribution < -0.4 is 5.56 Å². The standard InChI is InChI=1S/C25H27N3O4/c1-15(2)10-21(28-23(30)18-6-3-4-7-19(18)24(28)31)25(32)26-12-16-11-17(14-26)20-8-5-9-22(29)27(20)13-16/h3-9,15-17,21H,10-14H2,1-2H3/t16-,17-,21?/m0/s1. The number of carbonyl (C=O) groups excluding carboxylic acids is 3. The number of pyridine rings is 1. The number of piperidine rings is 1. The van der Waals surface area contributed by atoms with Crippen molar-refractivity contribution in [3.05, 3.63) is 69.6 Å². The molecule has 1 aromatic heterocycles. The fourth-order valence-electron chi connectivity index (χ4n) is 5.54. The van der Waals surface area contributed by atoms with E-state index in [0.29, 0.717) is 37.2 Å². The first-order valence-electron chi connectivity index (χ1n) is 11.3. The second-order valence-corrected chi connectivity index (χ2v) is 9.61. The van der Waals surface area contributed by atoms with Gasteiger partial charge in [-0.3, -0.25) is 24.1 Å². The molecule has 7 nitrogen and oxygen atoms in total. The van der Waals surface area contributed by atoms with E-state index >= 15 is 0 Å². The van der Waals surface area contributed by atoms with Crippen LogP contribution in [0, 0.1) is 11.8 Å². The zero-order chi connectivity index (χ0) is 22.6. The van der Waals surface area contributed by atoms with Gasteiger partial charge in [0.05, 0.1) is 11.1 Å². The quantitative estimate of drug-likeness (QED) is 0.694. The summed E-state index contributed by atoms with van der Waals surface area (Å²) in [4.78, 5) is 55.3. The van der Waals surface area contributed by atoms with Crippen molar-refractivity contribution in [2.24, 2.45) is 11.8 Å². The van der Waals surface area contributed by atoms with Crippen LogP contribution in [0.2, 0.25) is 0 Å². The van der Waals surface area contributed by atoms with Gasteiger partial charge in [-0.15, -0.1) is 0 Å². The maximum absolute atomic E-state index is 13.8. The molecule has 7 heteroatoms. The van der Waals surface area contributed by atoms with E-state index in [9.17, 15) is 19.2 Å². The first-order valence-corrected chi connectivity index (χ1v) is 11.3. The summed E-state index contributed by atoms with van der Waals surface area (Å²) in [6.45, 7) is 5.61. The lowest BCUT2D eigenvalue weighted by Gasteiger charge is -2.44. The van der Waals surface area contributed by atoms with E-state index in [1.54, 1.807) is 36.4 Å². The molecular formula is C25H27N3O4. The number of nitrogens with zero attached hydrogens (tertiary/aromatic N) is 3. The highest BCUT2D eigenvalue weighted by Crippen LogP contribution is 2.36. The maximum atomic E-state index is 13.8. The van der Waals surface area contributed by atoms with Gasteiger partial charge in [0.2, 0.25) is 5.91 Å². The van der Waals surface area contributed by atoms with Gasteiger partial charge in [-0.2, -0.15) is 0 Å². The Morgan fingerprint density at radius 3 is 2.28 bits per heavy atom. The minimum Gasteiger partial charge on any atom is -0.340 e. The van der Waals surface area contributed by atoms with E-state index in [1.807, 2.05) is 29.4 Å². The second kappa shape index (κ2) is 7.73. The minimum atomic E-state index is -0.820. The number of hydrogen-bond donors (Lipinski definition) is 0. The summed E-state index contributed by atoms with van der Waals surface area (Å²) in [5.41, 5.74) is 1.69. The van der Waals surface area contributed by atoms with Crippen molar-refractivity contribution in [2.75, 3.05) is 13.1 Å². The van der Waals surface area contributed by atoms with E-state index in [4.69, 9.17) is 0 Å². The number of carbonyl (C=O) groups is 3. The molecule has 0 spiro atoms. The van der Waals surface area contributed by atoms with Crippen LogP contribution in [-0.2, 0) is 11.3 Å². The number of imide groups is 1. The minimum absolute atomic E-state index is 0.000635. The summed E-state index contributed by atoms with van der Waals surface area (Å²) in [6.07, 6.45) is 1.36. The Balaban J connectivity index is 1.45. The average Bonchev–Trinajstić information content (AvgIpc) is 3.02. The Kier molecular flexibility index (Phi) is 4.99. The number of amides is 3. The predicted molar refractivity (Wildman–Crippen MR) is 118 cm³/mol. The van der Waals surface area contributed by atoms with Gasteiger partial charge in [0.15, 0.2) is 0 Å². The summed E-state index contributed by atoms with van der Waals surface area (Å²) < 4.78 is 1.83. The van der Waals surface area contributed by atoms with Gasteiger partial charge in [0.1, 0.15) is 6.04 Å². The molecule has 2 bridgehead atoms. The lowest BCUT2D eigenvalue weighted by molar-refractivity contribution is -0.138. The topological polar surface area (TPSA) is 79.7 Å². The lowest BCUT2D eigenvalue weighted by Crippen LogP contribution is -2.56. The Morgan fingerprint density at radius 1 is 0.938 bits per heavy atom. The molecule has 32 heavy (non-hydrogen) atoms. The number of hydrogen-bond acceptors (Lipinski definition) is 4. The Morgan fingerprint density at radius 2 is 1.62 bits per heavy atom. The molecule has 0 N–H and O–H groups in total. The first-order chi connectivity index (χ1) is 15.3. The van der Waals surface area contributed by atoms with Gasteiger partial charge < -0.3 is 9.47 Å². The normalized spacial score (nSPS) is 22.7. The zero-order valence-electron chi connectivity index (χ0n) is 18.4. The van der Waals surface area contributed by atoms with Gasteiger partial charge >= 0.3 is 0 Å². The van der Waals surface area contributed by atoms with Crippen molar-refractivity contribution >= 4 is 17.7 Å². The number of likely N-dealkylation sites (tertiary alicyclic amines) is 1. The molecule has 2 aromatic rings. The van der Waals surface area contributed by atoms with E-state index in [1.165, 1.54) is 4.90 Å². The molecule has 0 radical (unpaired) electrons. The average molecular weight is 434 g/mol. The largest absolute Gasteiger partial charge is 0.340 e. The van der Waals surface area contributed by atoms with Crippen LogP contribution in [0.1, 0.15) is 59.0 Å². The molecule has 4 heterocycles. The van der Waals surface area contributed by atoms with E-state index in [-0.39, 0.29) is 29.2 Å². The monoisotopic (exact) mass is 433 g/mol. The molecule has 1 fully saturated rings. The van der Waals surface area contributed by atoms with Crippen molar-refractivity contribution in [3.63, 3.8) is 0 Å². The molecule has 1 aromatic carbocycles. The highest BCUT2D eigenvalue weighted by Gasteiger charge is 2.45. The first kappa shape index (κ1) is 20.7. The van der Waals surface area contributed by atoms with Crippen molar-refractivity contribution in [1.29, 1.82) is 0 Å². The smallest absolute Gasteiger partial charge is 0.262 e. The molecule has 3 amide bonds. The fraction of sp³-hybridized carbons (Fsp3) is 0.440. The number of fused-ring (bicyclic) bond motifs is 5. The van der Waals surface area contributed by atoms with E-state index < -0.39 is 17.9 Å². The summed E-state index contributed by atoms with van der Waals surface area (Å²) in [5.74, 6) is -0.543. The number of benzene rings is 1. The van der Waals surface area contributed by atoms with Crippen LogP contribution in [-0.4, -0.2) is 51.2 Å². The van der Waals surface area contributed by atoms with Gasteiger partial charge in [-0.1, -0.05) is 32.0 Å². The van der Waals surface area contributed by atoms with E-state index in [2.05, 4.69) is 0 Å². The molecule has 5 rings (SSSR count). The second-order valence-electron chi connectivity index (χ2n) is 9.61. The summed E-state index contributed by atoms with van der Waals surface area (Å²) >= 11 is 0. The third kappa shape index (κ3) is 3.27. The fourth-order valence-corrected chi connectivity index (χ4v) is 5.54. The Labute approximate surface area is 186 Å². The van der Waals surface area contributed by atoms with Crippen LogP contribution >= 0.6 is 0 Å². The molecular weight excluding hydrogens is 406 g/mol. The van der Waals surface area contributed by atoms with E-state index in [0.717, 1.165) is 12.1 Å². The Bertz CT molecular complexity index is 1130. The molecule has 3 aliphatic heterocycles. The molecule has 0 aliphatic carbocycles. The summed E-state index contributed by atoms with van der Waals surface area (Å²) in [7, 11) is 0. The third-order valence-corrected chi connectivity index (χ3v) is 6.91.